The largest absolute Gasteiger partial charge is 0.368 e. The molecule has 162 valence electrons. The Labute approximate surface area is 190 Å². The molecule has 0 bridgehead atoms. The molecule has 1 saturated heterocycles. The second-order valence-electron chi connectivity index (χ2n) is 7.95. The first kappa shape index (κ1) is 20.6. The highest BCUT2D eigenvalue weighted by Gasteiger charge is 2.24. The van der Waals surface area contributed by atoms with Crippen molar-refractivity contribution in [2.75, 3.05) is 31.1 Å². The van der Waals surface area contributed by atoms with E-state index in [-0.39, 0.29) is 11.7 Å². The first-order valence-electron chi connectivity index (χ1n) is 10.9. The van der Waals surface area contributed by atoms with Gasteiger partial charge in [0.05, 0.1) is 21.7 Å². The van der Waals surface area contributed by atoms with E-state index >= 15 is 0 Å². The summed E-state index contributed by atoms with van der Waals surface area (Å²) in [5.41, 5.74) is 3.37. The average molecular weight is 446 g/mol. The lowest BCUT2D eigenvalue weighted by molar-refractivity contribution is 0.0748. The van der Waals surface area contributed by atoms with E-state index in [0.717, 1.165) is 46.7 Å². The molecule has 1 amide bonds. The van der Waals surface area contributed by atoms with Crippen LogP contribution in [0.4, 0.5) is 10.1 Å². The Morgan fingerprint density at radius 2 is 1.75 bits per heavy atom. The second kappa shape index (κ2) is 8.71. The summed E-state index contributed by atoms with van der Waals surface area (Å²) in [5, 5.41) is 0.884. The highest BCUT2D eigenvalue weighted by Crippen LogP contribution is 2.31. The van der Waals surface area contributed by atoms with Crippen LogP contribution in [0, 0.1) is 5.82 Å². The van der Waals surface area contributed by atoms with Gasteiger partial charge in [0.15, 0.2) is 0 Å². The third-order valence-corrected chi connectivity index (χ3v) is 7.22. The number of fused-ring (bicyclic) bond motifs is 1. The predicted octanol–water partition coefficient (Wildman–Crippen LogP) is 5.63. The maximum absolute atomic E-state index is 13.6. The molecule has 0 saturated carbocycles. The van der Waals surface area contributed by atoms with Crippen LogP contribution in [0.25, 0.3) is 21.5 Å². The zero-order valence-electron chi connectivity index (χ0n) is 17.9. The van der Waals surface area contributed by atoms with Crippen LogP contribution in [0.1, 0.15) is 22.2 Å². The molecule has 0 radical (unpaired) electrons. The fourth-order valence-electron chi connectivity index (χ4n) is 4.17. The minimum atomic E-state index is -0.236. The van der Waals surface area contributed by atoms with Gasteiger partial charge in [-0.2, -0.15) is 0 Å². The number of aryl methyl sites for hydroxylation is 1. The summed E-state index contributed by atoms with van der Waals surface area (Å²) in [7, 11) is 0. The van der Waals surface area contributed by atoms with Crippen molar-refractivity contribution in [2.24, 2.45) is 0 Å². The lowest BCUT2D eigenvalue weighted by Crippen LogP contribution is -2.48. The van der Waals surface area contributed by atoms with E-state index in [4.69, 9.17) is 4.98 Å². The Bertz CT molecular complexity index is 1260. The Morgan fingerprint density at radius 3 is 2.47 bits per heavy atom. The van der Waals surface area contributed by atoms with Crippen LogP contribution >= 0.6 is 11.3 Å². The van der Waals surface area contributed by atoms with Crippen molar-refractivity contribution in [3.63, 3.8) is 0 Å². The number of nitrogens with zero attached hydrogens (tertiary/aromatic N) is 3. The van der Waals surface area contributed by atoms with Gasteiger partial charge < -0.3 is 9.80 Å². The fourth-order valence-corrected chi connectivity index (χ4v) is 5.08. The van der Waals surface area contributed by atoms with E-state index in [1.165, 1.54) is 17.0 Å². The van der Waals surface area contributed by atoms with E-state index in [9.17, 15) is 9.18 Å². The van der Waals surface area contributed by atoms with Crippen LogP contribution in [0.2, 0.25) is 0 Å². The number of hydrogen-bond donors (Lipinski definition) is 0. The Hall–Kier alpha value is -3.25. The number of amides is 1. The molecular weight excluding hydrogens is 421 g/mol. The van der Waals surface area contributed by atoms with E-state index in [0.29, 0.717) is 18.7 Å². The molecule has 0 aliphatic carbocycles. The van der Waals surface area contributed by atoms with Crippen LogP contribution in [0.5, 0.6) is 0 Å². The van der Waals surface area contributed by atoms with Crippen LogP contribution in [0.3, 0.4) is 0 Å². The highest BCUT2D eigenvalue weighted by molar-refractivity contribution is 7.15. The van der Waals surface area contributed by atoms with Gasteiger partial charge in [0.2, 0.25) is 0 Å². The minimum Gasteiger partial charge on any atom is -0.368 e. The van der Waals surface area contributed by atoms with E-state index in [1.807, 2.05) is 35.2 Å². The third-order valence-electron chi connectivity index (χ3n) is 5.97. The Balaban J connectivity index is 1.42. The number of halogens is 1. The molecule has 3 heterocycles. The summed E-state index contributed by atoms with van der Waals surface area (Å²) >= 11 is 1.73. The number of hydrogen-bond acceptors (Lipinski definition) is 4. The van der Waals surface area contributed by atoms with Gasteiger partial charge in [-0.1, -0.05) is 25.1 Å². The van der Waals surface area contributed by atoms with Crippen molar-refractivity contribution in [1.29, 1.82) is 0 Å². The fraction of sp³-hybridized carbons (Fsp3) is 0.231. The van der Waals surface area contributed by atoms with Crippen molar-refractivity contribution < 1.29 is 9.18 Å². The van der Waals surface area contributed by atoms with Crippen LogP contribution < -0.4 is 4.90 Å². The Kier molecular flexibility index (Phi) is 5.62. The maximum Gasteiger partial charge on any atom is 0.254 e. The number of carbonyl (C=O) groups is 1. The zero-order valence-corrected chi connectivity index (χ0v) is 18.7. The molecule has 1 aliphatic heterocycles. The summed E-state index contributed by atoms with van der Waals surface area (Å²) < 4.78 is 13.2. The molecule has 2 aromatic carbocycles. The number of carbonyl (C=O) groups excluding carboxylic acids is 1. The van der Waals surface area contributed by atoms with E-state index in [1.54, 1.807) is 23.5 Å². The van der Waals surface area contributed by atoms with Gasteiger partial charge >= 0.3 is 0 Å². The average Bonchev–Trinajstić information content (AvgIpc) is 3.33. The SMILES string of the molecule is CCc1ccc(-c2cc(C(=O)N3CCN(c4ccc(F)cc4)CC3)c3ccccc3n2)s1. The lowest BCUT2D eigenvalue weighted by atomic mass is 10.1. The number of anilines is 1. The molecule has 4 nitrogen and oxygen atoms in total. The van der Waals surface area contributed by atoms with Crippen LogP contribution in [-0.2, 0) is 6.42 Å². The molecular formula is C26H24FN3OS. The molecule has 4 aromatic rings. The maximum atomic E-state index is 13.6. The number of rotatable bonds is 4. The topological polar surface area (TPSA) is 36.4 Å². The van der Waals surface area contributed by atoms with E-state index < -0.39 is 0 Å². The number of aromatic nitrogens is 1. The van der Waals surface area contributed by atoms with Gasteiger partial charge in [-0.05, 0) is 55.0 Å². The number of pyridine rings is 1. The molecule has 0 N–H and O–H groups in total. The third kappa shape index (κ3) is 3.98. The second-order valence-corrected chi connectivity index (χ2v) is 9.12. The summed E-state index contributed by atoms with van der Waals surface area (Å²) in [6.45, 7) is 4.84. The van der Waals surface area contributed by atoms with Gasteiger partial charge in [-0.25, -0.2) is 9.37 Å². The zero-order chi connectivity index (χ0) is 22.1. The van der Waals surface area contributed by atoms with Gasteiger partial charge in [-0.15, -0.1) is 11.3 Å². The highest BCUT2D eigenvalue weighted by atomic mass is 32.1. The molecule has 6 heteroatoms. The molecule has 2 aromatic heterocycles. The first-order valence-corrected chi connectivity index (χ1v) is 11.7. The first-order chi connectivity index (χ1) is 15.6. The van der Waals surface area contributed by atoms with Crippen molar-refractivity contribution in [1.82, 2.24) is 9.88 Å². The van der Waals surface area contributed by atoms with Crippen LogP contribution in [-0.4, -0.2) is 42.0 Å². The number of para-hydroxylation sites is 1. The molecule has 0 unspecified atom stereocenters. The summed E-state index contributed by atoms with van der Waals surface area (Å²) in [6.07, 6.45) is 0.988. The van der Waals surface area contributed by atoms with Crippen molar-refractivity contribution >= 4 is 33.8 Å². The standard InChI is InChI=1S/C26H24FN3OS/c1-2-20-11-12-25(32-20)24-17-22(21-5-3-4-6-23(21)28-24)26(31)30-15-13-29(14-16-30)19-9-7-18(27)8-10-19/h3-12,17H,2,13-16H2,1H3. The Morgan fingerprint density at radius 1 is 1.00 bits per heavy atom. The minimum absolute atomic E-state index is 0.0378. The lowest BCUT2D eigenvalue weighted by Gasteiger charge is -2.36. The van der Waals surface area contributed by atoms with Gasteiger partial charge in [0, 0.05) is 42.1 Å². The molecule has 0 atom stereocenters. The van der Waals surface area contributed by atoms with Crippen LogP contribution in [0.15, 0.2) is 66.7 Å². The monoisotopic (exact) mass is 445 g/mol. The van der Waals surface area contributed by atoms with Gasteiger partial charge in [0.1, 0.15) is 5.82 Å². The van der Waals surface area contributed by atoms with Crippen molar-refractivity contribution in [2.45, 2.75) is 13.3 Å². The normalized spacial score (nSPS) is 14.2. The molecule has 0 spiro atoms. The number of thiophene rings is 1. The molecule has 32 heavy (non-hydrogen) atoms. The van der Waals surface area contributed by atoms with Gasteiger partial charge in [0.25, 0.3) is 5.91 Å². The molecule has 5 rings (SSSR count). The van der Waals surface area contributed by atoms with Crippen molar-refractivity contribution in [3.8, 4) is 10.6 Å². The molecule has 1 aliphatic rings. The summed E-state index contributed by atoms with van der Waals surface area (Å²) in [6, 6.07) is 20.6. The summed E-state index contributed by atoms with van der Waals surface area (Å²) in [4.78, 5) is 24.9. The molecule has 1 fully saturated rings. The van der Waals surface area contributed by atoms with Crippen molar-refractivity contribution in [3.05, 3.63) is 83.0 Å². The predicted molar refractivity (Wildman–Crippen MR) is 129 cm³/mol. The smallest absolute Gasteiger partial charge is 0.254 e. The number of benzene rings is 2. The van der Waals surface area contributed by atoms with E-state index in [2.05, 4.69) is 24.0 Å². The summed E-state index contributed by atoms with van der Waals surface area (Å²) in [5.74, 6) is -0.199. The quantitative estimate of drug-likeness (QED) is 0.409. The van der Waals surface area contributed by atoms with Gasteiger partial charge in [-0.3, -0.25) is 4.79 Å². The number of piperazine rings is 1.